The van der Waals surface area contributed by atoms with Gasteiger partial charge in [-0.1, -0.05) is 18.2 Å². The minimum Gasteiger partial charge on any atom is -0.494 e. The summed E-state index contributed by atoms with van der Waals surface area (Å²) in [6, 6.07) is 7.71. The van der Waals surface area contributed by atoms with E-state index in [2.05, 4.69) is 0 Å². The summed E-state index contributed by atoms with van der Waals surface area (Å²) < 4.78 is 11.0. The molecule has 1 aromatic carbocycles. The summed E-state index contributed by atoms with van der Waals surface area (Å²) in [4.78, 5) is 24.8. The van der Waals surface area contributed by atoms with Crippen molar-refractivity contribution in [1.82, 2.24) is 4.90 Å². The van der Waals surface area contributed by atoms with Crippen molar-refractivity contribution in [2.75, 3.05) is 26.3 Å². The second kappa shape index (κ2) is 8.53. The number of aryl methyl sites for hydroxylation is 1. The maximum absolute atomic E-state index is 12.4. The molecule has 0 radical (unpaired) electrons. The molecule has 1 atom stereocenters. The Hall–Kier alpha value is -2.08. The Morgan fingerprint density at radius 1 is 1.39 bits per heavy atom. The second-order valence-corrected chi connectivity index (χ2v) is 5.47. The molecule has 1 aliphatic rings. The van der Waals surface area contributed by atoms with Gasteiger partial charge in [-0.25, -0.2) is 0 Å². The highest BCUT2D eigenvalue weighted by atomic mass is 16.5. The van der Waals surface area contributed by atoms with E-state index in [9.17, 15) is 9.59 Å². The molecule has 126 valence electrons. The highest BCUT2D eigenvalue weighted by Crippen LogP contribution is 2.20. The van der Waals surface area contributed by atoms with E-state index in [1.807, 2.05) is 31.2 Å². The SMILES string of the molecule is CCOc1ccccc1CCC(=O)N1CCOC(CC(=O)O)C1. The van der Waals surface area contributed by atoms with E-state index in [1.165, 1.54) is 0 Å². The van der Waals surface area contributed by atoms with E-state index in [-0.39, 0.29) is 12.3 Å². The van der Waals surface area contributed by atoms with E-state index in [0.29, 0.717) is 39.1 Å². The number of carboxylic acids is 1. The first kappa shape index (κ1) is 17.3. The average molecular weight is 321 g/mol. The molecule has 1 saturated heterocycles. The number of hydrogen-bond donors (Lipinski definition) is 1. The summed E-state index contributed by atoms with van der Waals surface area (Å²) in [6.07, 6.45) is 0.498. The van der Waals surface area contributed by atoms with Gasteiger partial charge < -0.3 is 19.5 Å². The molecule has 0 saturated carbocycles. The molecule has 0 bridgehead atoms. The van der Waals surface area contributed by atoms with Crippen molar-refractivity contribution < 1.29 is 24.2 Å². The van der Waals surface area contributed by atoms with Gasteiger partial charge in [0, 0.05) is 19.5 Å². The number of para-hydroxylation sites is 1. The number of carbonyl (C=O) groups excluding carboxylic acids is 1. The van der Waals surface area contributed by atoms with Crippen molar-refractivity contribution in [2.24, 2.45) is 0 Å². The number of carbonyl (C=O) groups is 2. The van der Waals surface area contributed by atoms with Gasteiger partial charge in [0.1, 0.15) is 5.75 Å². The summed E-state index contributed by atoms with van der Waals surface area (Å²) in [6.45, 7) is 3.77. The van der Waals surface area contributed by atoms with Crippen molar-refractivity contribution in [3.05, 3.63) is 29.8 Å². The fraction of sp³-hybridized carbons (Fsp3) is 0.529. The number of rotatable bonds is 7. The molecule has 1 aromatic rings. The van der Waals surface area contributed by atoms with Crippen molar-refractivity contribution >= 4 is 11.9 Å². The maximum atomic E-state index is 12.4. The first-order valence-electron chi connectivity index (χ1n) is 7.92. The Bertz CT molecular complexity index is 546. The first-order chi connectivity index (χ1) is 11.1. The van der Waals surface area contributed by atoms with Crippen LogP contribution in [0.3, 0.4) is 0 Å². The molecule has 1 fully saturated rings. The lowest BCUT2D eigenvalue weighted by atomic mass is 10.1. The number of carboxylic acid groups (broad SMARTS) is 1. The third-order valence-corrected chi connectivity index (χ3v) is 3.77. The number of morpholine rings is 1. The van der Waals surface area contributed by atoms with Crippen molar-refractivity contribution in [3.8, 4) is 5.75 Å². The van der Waals surface area contributed by atoms with E-state index in [1.54, 1.807) is 4.90 Å². The highest BCUT2D eigenvalue weighted by molar-refractivity contribution is 5.77. The van der Waals surface area contributed by atoms with Gasteiger partial charge in [0.05, 0.1) is 25.7 Å². The van der Waals surface area contributed by atoms with Crippen LogP contribution in [0.4, 0.5) is 0 Å². The summed E-state index contributed by atoms with van der Waals surface area (Å²) >= 11 is 0. The molecule has 23 heavy (non-hydrogen) atoms. The van der Waals surface area contributed by atoms with Crippen LogP contribution in [0.2, 0.25) is 0 Å². The van der Waals surface area contributed by atoms with Crippen LogP contribution in [0, 0.1) is 0 Å². The third-order valence-electron chi connectivity index (χ3n) is 3.77. The molecular formula is C17H23NO5. The molecule has 1 unspecified atom stereocenters. The zero-order chi connectivity index (χ0) is 16.7. The highest BCUT2D eigenvalue weighted by Gasteiger charge is 2.25. The molecule has 0 aliphatic carbocycles. The Morgan fingerprint density at radius 3 is 2.91 bits per heavy atom. The Kier molecular flexibility index (Phi) is 6.40. The van der Waals surface area contributed by atoms with Crippen LogP contribution in [0.1, 0.15) is 25.3 Å². The van der Waals surface area contributed by atoms with Gasteiger partial charge in [-0.2, -0.15) is 0 Å². The number of nitrogens with zero attached hydrogens (tertiary/aromatic N) is 1. The molecule has 1 N–H and O–H groups in total. The van der Waals surface area contributed by atoms with Crippen LogP contribution in [-0.2, 0) is 20.7 Å². The van der Waals surface area contributed by atoms with E-state index in [0.717, 1.165) is 11.3 Å². The minimum atomic E-state index is -0.907. The average Bonchev–Trinajstić information content (AvgIpc) is 2.53. The lowest BCUT2D eigenvalue weighted by molar-refractivity contribution is -0.147. The maximum Gasteiger partial charge on any atom is 0.306 e. The van der Waals surface area contributed by atoms with Crippen molar-refractivity contribution in [2.45, 2.75) is 32.3 Å². The predicted molar refractivity (Wildman–Crippen MR) is 84.5 cm³/mol. The van der Waals surface area contributed by atoms with Crippen molar-refractivity contribution in [3.63, 3.8) is 0 Å². The first-order valence-corrected chi connectivity index (χ1v) is 7.92. The molecule has 6 heteroatoms. The summed E-state index contributed by atoms with van der Waals surface area (Å²) in [7, 11) is 0. The molecule has 0 aromatic heterocycles. The fourth-order valence-electron chi connectivity index (χ4n) is 2.67. The van der Waals surface area contributed by atoms with Crippen LogP contribution >= 0.6 is 0 Å². The minimum absolute atomic E-state index is 0.0231. The number of benzene rings is 1. The Morgan fingerprint density at radius 2 is 2.17 bits per heavy atom. The Labute approximate surface area is 136 Å². The largest absolute Gasteiger partial charge is 0.494 e. The number of aliphatic carboxylic acids is 1. The van der Waals surface area contributed by atoms with Crippen LogP contribution in [0.25, 0.3) is 0 Å². The van der Waals surface area contributed by atoms with Gasteiger partial charge in [0.25, 0.3) is 0 Å². The van der Waals surface area contributed by atoms with Gasteiger partial charge in [-0.05, 0) is 25.0 Å². The van der Waals surface area contributed by atoms with Crippen molar-refractivity contribution in [1.29, 1.82) is 0 Å². The zero-order valence-electron chi connectivity index (χ0n) is 13.4. The van der Waals surface area contributed by atoms with Gasteiger partial charge >= 0.3 is 5.97 Å². The summed E-state index contributed by atoms with van der Waals surface area (Å²) in [5, 5.41) is 8.83. The van der Waals surface area contributed by atoms with Gasteiger partial charge in [0.15, 0.2) is 0 Å². The fourth-order valence-corrected chi connectivity index (χ4v) is 2.67. The molecule has 1 amide bonds. The third kappa shape index (κ3) is 5.25. The molecular weight excluding hydrogens is 298 g/mol. The van der Waals surface area contributed by atoms with E-state index < -0.39 is 12.1 Å². The van der Waals surface area contributed by atoms with Crippen LogP contribution in [0.5, 0.6) is 5.75 Å². The zero-order valence-corrected chi connectivity index (χ0v) is 13.4. The molecule has 2 rings (SSSR count). The van der Waals surface area contributed by atoms with Gasteiger partial charge in [-0.15, -0.1) is 0 Å². The van der Waals surface area contributed by atoms with Gasteiger partial charge in [-0.3, -0.25) is 9.59 Å². The quantitative estimate of drug-likeness (QED) is 0.827. The molecule has 1 aliphatic heterocycles. The van der Waals surface area contributed by atoms with Gasteiger partial charge in [0.2, 0.25) is 5.91 Å². The molecule has 0 spiro atoms. The Balaban J connectivity index is 1.88. The lowest BCUT2D eigenvalue weighted by Gasteiger charge is -2.32. The lowest BCUT2D eigenvalue weighted by Crippen LogP contribution is -2.46. The van der Waals surface area contributed by atoms with Crippen LogP contribution in [-0.4, -0.2) is 54.3 Å². The monoisotopic (exact) mass is 321 g/mol. The number of amides is 1. The van der Waals surface area contributed by atoms with E-state index in [4.69, 9.17) is 14.6 Å². The summed E-state index contributed by atoms with van der Waals surface area (Å²) in [5.41, 5.74) is 1.01. The topological polar surface area (TPSA) is 76.1 Å². The number of ether oxygens (including phenoxy) is 2. The smallest absolute Gasteiger partial charge is 0.306 e. The predicted octanol–water partition coefficient (Wildman–Crippen LogP) is 1.72. The molecule has 1 heterocycles. The standard InChI is InChI=1S/C17H23NO5/c1-2-22-15-6-4-3-5-13(15)7-8-16(19)18-9-10-23-14(12-18)11-17(20)21/h3-6,14H,2,7-12H2,1H3,(H,20,21). The van der Waals surface area contributed by atoms with E-state index >= 15 is 0 Å². The van der Waals surface area contributed by atoms with Crippen LogP contribution < -0.4 is 4.74 Å². The molecule has 6 nitrogen and oxygen atoms in total. The summed E-state index contributed by atoms with van der Waals surface area (Å²) in [5.74, 6) is -0.0709. The number of hydrogen-bond acceptors (Lipinski definition) is 4. The van der Waals surface area contributed by atoms with Crippen LogP contribution in [0.15, 0.2) is 24.3 Å². The normalized spacial score (nSPS) is 17.8. The second-order valence-electron chi connectivity index (χ2n) is 5.47.